The van der Waals surface area contributed by atoms with Gasteiger partial charge in [0, 0.05) is 10.9 Å². The Balaban J connectivity index is 1.64. The summed E-state index contributed by atoms with van der Waals surface area (Å²) in [5, 5.41) is 10.4. The van der Waals surface area contributed by atoms with E-state index in [1.165, 1.54) is 0 Å². The first-order valence-corrected chi connectivity index (χ1v) is 9.10. The Labute approximate surface area is 167 Å². The highest BCUT2D eigenvalue weighted by Crippen LogP contribution is 2.28. The Morgan fingerprint density at radius 2 is 1.52 bits per heavy atom. The molecular weight excluding hydrogens is 368 g/mol. The fraction of sp³-hybridized carbons (Fsp3) is 0.0870. The van der Waals surface area contributed by atoms with Gasteiger partial charge in [0.05, 0.1) is 11.2 Å². The third-order valence-electron chi connectivity index (χ3n) is 4.30. The van der Waals surface area contributed by atoms with Crippen molar-refractivity contribution >= 4 is 16.9 Å². The van der Waals surface area contributed by atoms with E-state index in [1.54, 1.807) is 12.1 Å². The molecule has 0 saturated heterocycles. The molecule has 4 aromatic rings. The van der Waals surface area contributed by atoms with Gasteiger partial charge in [-0.05, 0) is 18.2 Å². The van der Waals surface area contributed by atoms with Crippen molar-refractivity contribution in [3.63, 3.8) is 0 Å². The second kappa shape index (κ2) is 8.39. The average molecular weight is 386 g/mol. The maximum Gasteiger partial charge on any atom is 0.348 e. The number of carboxylic acid groups (broad SMARTS) is 1. The van der Waals surface area contributed by atoms with E-state index in [1.807, 2.05) is 72.8 Å². The van der Waals surface area contributed by atoms with Crippen molar-refractivity contribution in [1.29, 1.82) is 0 Å². The molecule has 0 spiro atoms. The molecular formula is C23H18N2O4. The van der Waals surface area contributed by atoms with Crippen molar-refractivity contribution < 1.29 is 19.4 Å². The monoisotopic (exact) mass is 386 g/mol. The molecule has 0 aliphatic rings. The number of para-hydroxylation sites is 2. The first-order chi connectivity index (χ1) is 14.2. The van der Waals surface area contributed by atoms with Crippen molar-refractivity contribution in [2.45, 2.75) is 6.10 Å². The number of carbonyl (C=O) groups is 1. The van der Waals surface area contributed by atoms with Crippen molar-refractivity contribution in [3.05, 3.63) is 84.9 Å². The lowest BCUT2D eigenvalue weighted by Gasteiger charge is -2.16. The molecule has 0 saturated carbocycles. The van der Waals surface area contributed by atoms with Gasteiger partial charge in [-0.15, -0.1) is 0 Å². The lowest BCUT2D eigenvalue weighted by atomic mass is 10.1. The van der Waals surface area contributed by atoms with Gasteiger partial charge in [-0.3, -0.25) is 0 Å². The molecule has 29 heavy (non-hydrogen) atoms. The van der Waals surface area contributed by atoms with Crippen LogP contribution in [-0.2, 0) is 4.79 Å². The summed E-state index contributed by atoms with van der Waals surface area (Å²) in [5.74, 6) is -0.592. The van der Waals surface area contributed by atoms with Crippen molar-refractivity contribution in [1.82, 2.24) is 9.97 Å². The third-order valence-corrected chi connectivity index (χ3v) is 4.30. The quantitative estimate of drug-likeness (QED) is 0.512. The zero-order valence-electron chi connectivity index (χ0n) is 15.4. The number of aliphatic carboxylic acids is 1. The van der Waals surface area contributed by atoms with Crippen LogP contribution in [0.3, 0.4) is 0 Å². The Kier molecular flexibility index (Phi) is 5.33. The molecule has 6 heteroatoms. The minimum atomic E-state index is -1.25. The first-order valence-electron chi connectivity index (χ1n) is 9.10. The first kappa shape index (κ1) is 18.4. The average Bonchev–Trinajstić information content (AvgIpc) is 2.77. The maximum absolute atomic E-state index is 11.7. The fourth-order valence-corrected chi connectivity index (χ4v) is 2.90. The summed E-state index contributed by atoms with van der Waals surface area (Å²) in [4.78, 5) is 20.6. The second-order valence-electron chi connectivity index (χ2n) is 6.31. The molecule has 1 aromatic heterocycles. The highest BCUT2D eigenvalue weighted by molar-refractivity contribution is 5.92. The summed E-state index contributed by atoms with van der Waals surface area (Å²) in [6.07, 6.45) is -1.25. The SMILES string of the molecule is O=C(O)C(COc1ccccc1)Oc1nc(-c2ccccc2)c2ccccc2n1. The Hall–Kier alpha value is -3.93. The Morgan fingerprint density at radius 1 is 0.862 bits per heavy atom. The van der Waals surface area contributed by atoms with E-state index in [0.29, 0.717) is 17.0 Å². The molecule has 0 amide bonds. The van der Waals surface area contributed by atoms with Crippen LogP contribution in [0.2, 0.25) is 0 Å². The van der Waals surface area contributed by atoms with E-state index in [9.17, 15) is 9.90 Å². The molecule has 0 fully saturated rings. The summed E-state index contributed by atoms with van der Waals surface area (Å²) < 4.78 is 11.2. The molecule has 3 aromatic carbocycles. The van der Waals surface area contributed by atoms with Crippen molar-refractivity contribution in [2.24, 2.45) is 0 Å². The standard InChI is InChI=1S/C23H18N2O4/c26-22(27)20(15-28-17-11-5-2-6-12-17)29-23-24-19-14-8-7-13-18(19)21(25-23)16-9-3-1-4-10-16/h1-14,20H,15H2,(H,26,27). The third kappa shape index (κ3) is 4.32. The number of benzene rings is 3. The van der Waals surface area contributed by atoms with Crippen LogP contribution in [0.1, 0.15) is 0 Å². The molecule has 144 valence electrons. The normalized spacial score (nSPS) is 11.7. The number of carboxylic acids is 1. The molecule has 0 aliphatic heterocycles. The second-order valence-corrected chi connectivity index (χ2v) is 6.31. The Bertz CT molecular complexity index is 1120. The van der Waals surface area contributed by atoms with Gasteiger partial charge in [0.25, 0.3) is 0 Å². The van der Waals surface area contributed by atoms with E-state index in [2.05, 4.69) is 9.97 Å². The maximum atomic E-state index is 11.7. The van der Waals surface area contributed by atoms with Crippen LogP contribution in [0, 0.1) is 0 Å². The van der Waals surface area contributed by atoms with E-state index >= 15 is 0 Å². The number of nitrogens with zero attached hydrogens (tertiary/aromatic N) is 2. The van der Waals surface area contributed by atoms with Crippen LogP contribution in [-0.4, -0.2) is 33.8 Å². The Morgan fingerprint density at radius 3 is 2.24 bits per heavy atom. The van der Waals surface area contributed by atoms with Crippen LogP contribution < -0.4 is 9.47 Å². The fourth-order valence-electron chi connectivity index (χ4n) is 2.90. The molecule has 1 N–H and O–H groups in total. The molecule has 0 bridgehead atoms. The van der Waals surface area contributed by atoms with Crippen LogP contribution in [0.15, 0.2) is 84.9 Å². The largest absolute Gasteiger partial charge is 0.489 e. The summed E-state index contributed by atoms with van der Waals surface area (Å²) in [5.41, 5.74) is 2.24. The minimum absolute atomic E-state index is 0.00776. The highest BCUT2D eigenvalue weighted by Gasteiger charge is 2.23. The van der Waals surface area contributed by atoms with Gasteiger partial charge in [-0.2, -0.15) is 9.97 Å². The van der Waals surface area contributed by atoms with E-state index < -0.39 is 12.1 Å². The number of hydrogen-bond acceptors (Lipinski definition) is 5. The van der Waals surface area contributed by atoms with Crippen molar-refractivity contribution in [2.75, 3.05) is 6.61 Å². The topological polar surface area (TPSA) is 81.5 Å². The summed E-state index contributed by atoms with van der Waals surface area (Å²) in [6, 6.07) is 26.1. The zero-order valence-corrected chi connectivity index (χ0v) is 15.4. The highest BCUT2D eigenvalue weighted by atomic mass is 16.6. The van der Waals surface area contributed by atoms with Gasteiger partial charge in [0.2, 0.25) is 6.10 Å². The predicted octanol–water partition coefficient (Wildman–Crippen LogP) is 4.21. The summed E-state index contributed by atoms with van der Waals surface area (Å²) >= 11 is 0. The molecule has 1 heterocycles. The number of hydrogen-bond donors (Lipinski definition) is 1. The van der Waals surface area contributed by atoms with E-state index in [4.69, 9.17) is 9.47 Å². The van der Waals surface area contributed by atoms with E-state index in [0.717, 1.165) is 10.9 Å². The lowest BCUT2D eigenvalue weighted by Crippen LogP contribution is -2.34. The van der Waals surface area contributed by atoms with Crippen LogP contribution >= 0.6 is 0 Å². The number of aromatic nitrogens is 2. The molecule has 1 atom stereocenters. The van der Waals surface area contributed by atoms with Crippen LogP contribution in [0.25, 0.3) is 22.2 Å². The molecule has 1 unspecified atom stereocenters. The van der Waals surface area contributed by atoms with Crippen LogP contribution in [0.5, 0.6) is 11.8 Å². The summed E-state index contributed by atoms with van der Waals surface area (Å²) in [6.45, 7) is -0.170. The van der Waals surface area contributed by atoms with Gasteiger partial charge in [0.15, 0.2) is 0 Å². The number of fused-ring (bicyclic) bond motifs is 1. The number of ether oxygens (including phenoxy) is 2. The molecule has 6 nitrogen and oxygen atoms in total. The summed E-state index contributed by atoms with van der Waals surface area (Å²) in [7, 11) is 0. The minimum Gasteiger partial charge on any atom is -0.489 e. The molecule has 0 aliphatic carbocycles. The zero-order chi connectivity index (χ0) is 20.1. The van der Waals surface area contributed by atoms with E-state index in [-0.39, 0.29) is 12.6 Å². The molecule has 4 rings (SSSR count). The van der Waals surface area contributed by atoms with Crippen molar-refractivity contribution in [3.8, 4) is 23.0 Å². The lowest BCUT2D eigenvalue weighted by molar-refractivity contribution is -0.146. The predicted molar refractivity (Wildman–Crippen MR) is 109 cm³/mol. The number of rotatable bonds is 7. The van der Waals surface area contributed by atoms with Gasteiger partial charge < -0.3 is 14.6 Å². The molecule has 0 radical (unpaired) electrons. The van der Waals surface area contributed by atoms with Gasteiger partial charge in [0.1, 0.15) is 12.4 Å². The smallest absolute Gasteiger partial charge is 0.348 e. The van der Waals surface area contributed by atoms with Crippen LogP contribution in [0.4, 0.5) is 0 Å². The van der Waals surface area contributed by atoms with Gasteiger partial charge in [-0.1, -0.05) is 66.7 Å². The van der Waals surface area contributed by atoms with Gasteiger partial charge >= 0.3 is 12.0 Å². The van der Waals surface area contributed by atoms with Gasteiger partial charge in [-0.25, -0.2) is 4.79 Å².